The number of sulfonamides is 1. The molecule has 1 N–H and O–H groups in total. The molecule has 0 bridgehead atoms. The molecule has 4 rings (SSSR count). The number of imide groups is 1. The third-order valence-electron chi connectivity index (χ3n) is 6.80. The van der Waals surface area contributed by atoms with Gasteiger partial charge in [0.25, 0.3) is 5.91 Å². The van der Waals surface area contributed by atoms with E-state index < -0.39 is 15.6 Å². The van der Waals surface area contributed by atoms with E-state index in [4.69, 9.17) is 5.26 Å². The van der Waals surface area contributed by atoms with Gasteiger partial charge in [0.2, 0.25) is 10.0 Å². The summed E-state index contributed by atoms with van der Waals surface area (Å²) in [5.74, 6) is -0.0468. The van der Waals surface area contributed by atoms with Crippen LogP contribution in [0.2, 0.25) is 0 Å². The second kappa shape index (κ2) is 8.22. The van der Waals surface area contributed by atoms with Gasteiger partial charge in [0.15, 0.2) is 0 Å². The number of nitriles is 1. The second-order valence-electron chi connectivity index (χ2n) is 8.58. The summed E-state index contributed by atoms with van der Waals surface area (Å²) in [5.41, 5.74) is -0.377. The van der Waals surface area contributed by atoms with Gasteiger partial charge >= 0.3 is 6.03 Å². The highest BCUT2D eigenvalue weighted by molar-refractivity contribution is 7.89. The fourth-order valence-corrected chi connectivity index (χ4v) is 6.21. The minimum atomic E-state index is -3.65. The lowest BCUT2D eigenvalue weighted by atomic mass is 9.73. The summed E-state index contributed by atoms with van der Waals surface area (Å²) in [5, 5.41) is 11.8. The van der Waals surface area contributed by atoms with E-state index in [1.54, 1.807) is 0 Å². The Labute approximate surface area is 182 Å². The molecular weight excluding hydrogens is 418 g/mol. The minimum Gasteiger partial charge on any atom is -0.323 e. The Bertz CT molecular complexity index is 1010. The number of carbonyl (C=O) groups excluding carboxylic acids is 2. The molecule has 3 fully saturated rings. The van der Waals surface area contributed by atoms with Gasteiger partial charge in [0.05, 0.1) is 23.2 Å². The molecule has 1 aliphatic carbocycles. The maximum atomic E-state index is 13.1. The van der Waals surface area contributed by atoms with E-state index in [9.17, 15) is 18.0 Å². The molecule has 2 atom stereocenters. The molecule has 0 aromatic heterocycles. The maximum Gasteiger partial charge on any atom is 0.326 e. The van der Waals surface area contributed by atoms with Crippen LogP contribution >= 0.6 is 0 Å². The Morgan fingerprint density at radius 1 is 1.13 bits per heavy atom. The second-order valence-corrected chi connectivity index (χ2v) is 10.5. The largest absolute Gasteiger partial charge is 0.326 e. The van der Waals surface area contributed by atoms with Crippen molar-refractivity contribution >= 4 is 22.0 Å². The third-order valence-corrected chi connectivity index (χ3v) is 8.71. The molecule has 1 aromatic carbocycles. The number of benzene rings is 1. The van der Waals surface area contributed by atoms with E-state index in [0.717, 1.165) is 19.3 Å². The van der Waals surface area contributed by atoms with Crippen LogP contribution in [0.5, 0.6) is 0 Å². The van der Waals surface area contributed by atoms with Crippen LogP contribution < -0.4 is 5.32 Å². The van der Waals surface area contributed by atoms with Crippen LogP contribution in [0.1, 0.15) is 38.2 Å². The van der Waals surface area contributed by atoms with Crippen molar-refractivity contribution in [1.29, 1.82) is 5.26 Å². The highest BCUT2D eigenvalue weighted by Crippen LogP contribution is 2.38. The lowest BCUT2D eigenvalue weighted by molar-refractivity contribution is -0.135. The Kier molecular flexibility index (Phi) is 5.77. The molecular formula is C21H27N5O4S. The molecule has 9 nitrogen and oxygen atoms in total. The number of urea groups is 1. The zero-order valence-corrected chi connectivity index (χ0v) is 18.4. The quantitative estimate of drug-likeness (QED) is 0.700. The highest BCUT2D eigenvalue weighted by Gasteiger charge is 2.55. The van der Waals surface area contributed by atoms with Gasteiger partial charge in [-0.2, -0.15) is 9.57 Å². The van der Waals surface area contributed by atoms with Gasteiger partial charge in [-0.3, -0.25) is 9.69 Å². The van der Waals surface area contributed by atoms with E-state index in [1.165, 1.54) is 33.5 Å². The summed E-state index contributed by atoms with van der Waals surface area (Å²) < 4.78 is 27.2. The number of amides is 3. The van der Waals surface area contributed by atoms with Gasteiger partial charge in [-0.05, 0) is 43.0 Å². The van der Waals surface area contributed by atoms with Gasteiger partial charge in [0.1, 0.15) is 5.54 Å². The molecule has 31 heavy (non-hydrogen) atoms. The molecule has 1 aromatic rings. The highest BCUT2D eigenvalue weighted by atomic mass is 32.2. The third kappa shape index (κ3) is 3.82. The molecule has 2 aliphatic heterocycles. The summed E-state index contributed by atoms with van der Waals surface area (Å²) in [7, 11) is -3.65. The van der Waals surface area contributed by atoms with Gasteiger partial charge in [0, 0.05) is 26.2 Å². The van der Waals surface area contributed by atoms with E-state index in [-0.39, 0.29) is 42.5 Å². The summed E-state index contributed by atoms with van der Waals surface area (Å²) >= 11 is 0. The van der Waals surface area contributed by atoms with Crippen molar-refractivity contribution in [3.63, 3.8) is 0 Å². The van der Waals surface area contributed by atoms with Gasteiger partial charge in [-0.15, -0.1) is 0 Å². The van der Waals surface area contributed by atoms with Crippen LogP contribution in [0, 0.1) is 17.2 Å². The van der Waals surface area contributed by atoms with Crippen molar-refractivity contribution < 1.29 is 18.0 Å². The Balaban J connectivity index is 1.38. The minimum absolute atomic E-state index is 0.108. The van der Waals surface area contributed by atoms with Crippen molar-refractivity contribution in [3.8, 4) is 6.07 Å². The number of carbonyl (C=O) groups is 2. The van der Waals surface area contributed by atoms with Crippen molar-refractivity contribution in [2.45, 2.75) is 43.0 Å². The molecule has 3 amide bonds. The first-order chi connectivity index (χ1) is 14.8. The first-order valence-corrected chi connectivity index (χ1v) is 12.1. The van der Waals surface area contributed by atoms with Gasteiger partial charge in [-0.25, -0.2) is 18.1 Å². The van der Waals surface area contributed by atoms with Crippen molar-refractivity contribution in [2.24, 2.45) is 5.92 Å². The first kappa shape index (κ1) is 21.7. The summed E-state index contributed by atoms with van der Waals surface area (Å²) in [6.45, 7) is 3.59. The van der Waals surface area contributed by atoms with Crippen LogP contribution in [0.3, 0.4) is 0 Å². The number of piperazine rings is 1. The van der Waals surface area contributed by atoms with Crippen LogP contribution in [0.25, 0.3) is 0 Å². The van der Waals surface area contributed by atoms with E-state index >= 15 is 0 Å². The SMILES string of the molecule is C[C@H]1CCCC[C@@]12NC(=O)N(CN1CCN(S(=O)(=O)c3ccc(C#N)cc3)CC1)C2=O. The number of rotatable bonds is 4. The molecule has 0 unspecified atom stereocenters. The average molecular weight is 446 g/mol. The summed E-state index contributed by atoms with van der Waals surface area (Å²) in [6, 6.07) is 7.48. The summed E-state index contributed by atoms with van der Waals surface area (Å²) in [4.78, 5) is 29.1. The molecule has 166 valence electrons. The van der Waals surface area contributed by atoms with Gasteiger partial charge in [-0.1, -0.05) is 19.8 Å². The molecule has 0 radical (unpaired) electrons. The molecule has 10 heteroatoms. The Hall–Kier alpha value is -2.48. The fraction of sp³-hybridized carbons (Fsp3) is 0.571. The predicted molar refractivity (Wildman–Crippen MR) is 112 cm³/mol. The zero-order chi connectivity index (χ0) is 22.2. The monoisotopic (exact) mass is 445 g/mol. The number of hydrogen-bond acceptors (Lipinski definition) is 6. The van der Waals surface area contributed by atoms with Crippen LogP contribution in [-0.4, -0.2) is 72.8 Å². The average Bonchev–Trinajstić information content (AvgIpc) is 3.01. The van der Waals surface area contributed by atoms with Crippen LogP contribution in [0.15, 0.2) is 29.2 Å². The van der Waals surface area contributed by atoms with Crippen LogP contribution in [-0.2, 0) is 14.8 Å². The standard InChI is InChI=1S/C21H27N5O4S/c1-16-4-2-3-9-21(16)19(27)26(20(28)23-21)15-24-10-12-25(13-11-24)31(29,30)18-7-5-17(14-22)6-8-18/h5-8,16H,2-4,9-13,15H2,1H3,(H,23,28)/t16-,21+/m0/s1. The van der Waals surface area contributed by atoms with E-state index in [2.05, 4.69) is 5.32 Å². The lowest BCUT2D eigenvalue weighted by Gasteiger charge is -2.38. The van der Waals surface area contributed by atoms with E-state index in [0.29, 0.717) is 25.1 Å². The topological polar surface area (TPSA) is 114 Å². The zero-order valence-electron chi connectivity index (χ0n) is 17.6. The van der Waals surface area contributed by atoms with Crippen LogP contribution in [0.4, 0.5) is 4.79 Å². The van der Waals surface area contributed by atoms with E-state index in [1.807, 2.05) is 17.9 Å². The van der Waals surface area contributed by atoms with Crippen molar-refractivity contribution in [3.05, 3.63) is 29.8 Å². The normalized spacial score (nSPS) is 28.0. The molecule has 1 spiro atoms. The predicted octanol–water partition coefficient (Wildman–Crippen LogP) is 1.32. The van der Waals surface area contributed by atoms with Crippen molar-refractivity contribution in [1.82, 2.24) is 19.4 Å². The smallest absolute Gasteiger partial charge is 0.323 e. The number of hydrogen-bond donors (Lipinski definition) is 1. The first-order valence-electron chi connectivity index (χ1n) is 10.6. The molecule has 1 saturated carbocycles. The maximum absolute atomic E-state index is 13.1. The molecule has 3 aliphatic rings. The summed E-state index contributed by atoms with van der Waals surface area (Å²) in [6.07, 6.45) is 3.59. The Morgan fingerprint density at radius 3 is 2.42 bits per heavy atom. The fourth-order valence-electron chi connectivity index (χ4n) is 4.79. The molecule has 2 heterocycles. The van der Waals surface area contributed by atoms with Gasteiger partial charge < -0.3 is 5.32 Å². The number of nitrogens with zero attached hydrogens (tertiary/aromatic N) is 4. The molecule has 2 saturated heterocycles. The Morgan fingerprint density at radius 2 is 1.81 bits per heavy atom. The number of nitrogens with one attached hydrogen (secondary N) is 1. The lowest BCUT2D eigenvalue weighted by Crippen LogP contribution is -2.55. The van der Waals surface area contributed by atoms with Crippen molar-refractivity contribution in [2.75, 3.05) is 32.8 Å².